The lowest BCUT2D eigenvalue weighted by Crippen LogP contribution is -1.98. The highest BCUT2D eigenvalue weighted by Gasteiger charge is 2.20. The van der Waals surface area contributed by atoms with Crippen LogP contribution < -0.4 is 0 Å². The molecule has 0 bridgehead atoms. The predicted octanol–water partition coefficient (Wildman–Crippen LogP) is 1.58. The van der Waals surface area contributed by atoms with E-state index in [1.807, 2.05) is 0 Å². The summed E-state index contributed by atoms with van der Waals surface area (Å²) >= 11 is 0. The lowest BCUT2D eigenvalue weighted by atomic mass is 10.1. The Bertz CT molecular complexity index is 553. The van der Waals surface area contributed by atoms with Gasteiger partial charge in [-0.15, -0.1) is 0 Å². The second-order valence-electron chi connectivity index (χ2n) is 3.60. The van der Waals surface area contributed by atoms with Gasteiger partial charge in [-0.3, -0.25) is 4.79 Å². The quantitative estimate of drug-likeness (QED) is 0.763. The van der Waals surface area contributed by atoms with Gasteiger partial charge in [0.05, 0.1) is 4.90 Å². The van der Waals surface area contributed by atoms with E-state index in [0.29, 0.717) is 16.9 Å². The summed E-state index contributed by atoms with van der Waals surface area (Å²) in [5.41, 5.74) is 1.52. The normalized spacial score (nSPS) is 16.3. The molecule has 1 aliphatic rings. The lowest BCUT2D eigenvalue weighted by molar-refractivity contribution is -0.116. The van der Waals surface area contributed by atoms with Crippen LogP contribution in [0.5, 0.6) is 0 Å². The fraction of sp³-hybridized carbons (Fsp3) is 0.182. The number of hydrogen-bond acceptors (Lipinski definition) is 3. The molecule has 0 radical (unpaired) electrons. The van der Waals surface area contributed by atoms with Crippen molar-refractivity contribution in [3.8, 4) is 0 Å². The molecule has 78 valence electrons. The van der Waals surface area contributed by atoms with E-state index in [2.05, 4.69) is 0 Å². The van der Waals surface area contributed by atoms with Gasteiger partial charge in [-0.1, -0.05) is 6.07 Å². The average Bonchev–Trinajstić information content (AvgIpc) is 2.41. The molecular weight excluding hydrogens is 212 g/mol. The molecule has 0 saturated heterocycles. The van der Waals surface area contributed by atoms with Crippen LogP contribution in [0, 0.1) is 0 Å². The second kappa shape index (κ2) is 3.31. The van der Waals surface area contributed by atoms with Crippen molar-refractivity contribution in [2.75, 3.05) is 0 Å². The van der Waals surface area contributed by atoms with Crippen molar-refractivity contribution in [3.63, 3.8) is 0 Å². The van der Waals surface area contributed by atoms with Crippen molar-refractivity contribution < 1.29 is 13.2 Å². The lowest BCUT2D eigenvalue weighted by Gasteiger charge is -2.01. The standard InChI is InChI=1S/C11H10O3S/c1-8(12)6-9-2-3-11-10(7-9)4-5-15(11,13)14/h2-5,7H,6H2,1H3. The smallest absolute Gasteiger partial charge is 0.200 e. The predicted molar refractivity (Wildman–Crippen MR) is 57.0 cm³/mol. The molecule has 0 fully saturated rings. The van der Waals surface area contributed by atoms with E-state index in [9.17, 15) is 13.2 Å². The first kappa shape index (κ1) is 10.1. The molecule has 4 heteroatoms. The molecule has 1 aromatic rings. The molecule has 0 spiro atoms. The zero-order valence-electron chi connectivity index (χ0n) is 8.23. The van der Waals surface area contributed by atoms with Gasteiger partial charge in [-0.05, 0) is 36.3 Å². The van der Waals surface area contributed by atoms with Crippen LogP contribution in [0.25, 0.3) is 6.08 Å². The molecule has 0 atom stereocenters. The summed E-state index contributed by atoms with van der Waals surface area (Å²) in [5.74, 6) is 0.0692. The highest BCUT2D eigenvalue weighted by Crippen LogP contribution is 2.27. The van der Waals surface area contributed by atoms with Crippen molar-refractivity contribution in [2.45, 2.75) is 18.2 Å². The molecule has 0 amide bonds. The SMILES string of the molecule is CC(=O)Cc1ccc2c(c1)C=CS2(=O)=O. The minimum absolute atomic E-state index is 0.0692. The van der Waals surface area contributed by atoms with Crippen LogP contribution in [0.15, 0.2) is 28.5 Å². The minimum atomic E-state index is -3.22. The number of ketones is 1. The second-order valence-corrected chi connectivity index (χ2v) is 5.40. The molecule has 1 heterocycles. The molecule has 1 aliphatic heterocycles. The van der Waals surface area contributed by atoms with E-state index in [4.69, 9.17) is 0 Å². The van der Waals surface area contributed by atoms with Crippen LogP contribution in [0.2, 0.25) is 0 Å². The Hall–Kier alpha value is -1.42. The molecule has 1 aromatic carbocycles. The van der Waals surface area contributed by atoms with Gasteiger partial charge in [-0.25, -0.2) is 8.42 Å². The van der Waals surface area contributed by atoms with Crippen LogP contribution in [-0.2, 0) is 21.1 Å². The summed E-state index contributed by atoms with van der Waals surface area (Å²) in [6.45, 7) is 1.51. The third-order valence-electron chi connectivity index (χ3n) is 2.26. The van der Waals surface area contributed by atoms with Gasteiger partial charge in [0, 0.05) is 11.8 Å². The molecule has 0 aliphatic carbocycles. The topological polar surface area (TPSA) is 51.2 Å². The molecule has 0 aromatic heterocycles. The van der Waals surface area contributed by atoms with Crippen LogP contribution in [0.4, 0.5) is 0 Å². The zero-order chi connectivity index (χ0) is 11.1. The third kappa shape index (κ3) is 1.85. The number of Topliss-reactive ketones (excluding diaryl/α,β-unsaturated/α-hetero) is 1. The Labute approximate surface area is 88.3 Å². The van der Waals surface area contributed by atoms with E-state index in [0.717, 1.165) is 5.56 Å². The van der Waals surface area contributed by atoms with Gasteiger partial charge in [-0.2, -0.15) is 0 Å². The van der Waals surface area contributed by atoms with Crippen LogP contribution >= 0.6 is 0 Å². The highest BCUT2D eigenvalue weighted by molar-refractivity contribution is 7.94. The van der Waals surface area contributed by atoms with Crippen LogP contribution in [0.1, 0.15) is 18.1 Å². The first-order valence-electron chi connectivity index (χ1n) is 4.54. The molecule has 0 N–H and O–H groups in total. The molecule has 0 saturated carbocycles. The van der Waals surface area contributed by atoms with E-state index >= 15 is 0 Å². The maximum Gasteiger partial charge on any atom is 0.200 e. The van der Waals surface area contributed by atoms with Gasteiger partial charge < -0.3 is 0 Å². The number of benzene rings is 1. The first-order valence-corrected chi connectivity index (χ1v) is 6.09. The average molecular weight is 222 g/mol. The fourth-order valence-electron chi connectivity index (χ4n) is 1.62. The Balaban J connectivity index is 2.46. The maximum atomic E-state index is 11.4. The summed E-state index contributed by atoms with van der Waals surface area (Å²) in [4.78, 5) is 11.2. The third-order valence-corrected chi connectivity index (χ3v) is 3.74. The maximum absolute atomic E-state index is 11.4. The van der Waals surface area contributed by atoms with E-state index < -0.39 is 9.84 Å². The number of sulfone groups is 1. The van der Waals surface area contributed by atoms with Gasteiger partial charge in [0.2, 0.25) is 0 Å². The van der Waals surface area contributed by atoms with Gasteiger partial charge in [0.25, 0.3) is 0 Å². The van der Waals surface area contributed by atoms with Crippen molar-refractivity contribution in [1.82, 2.24) is 0 Å². The van der Waals surface area contributed by atoms with Crippen molar-refractivity contribution >= 4 is 21.7 Å². The molecule has 3 nitrogen and oxygen atoms in total. The van der Waals surface area contributed by atoms with Crippen molar-refractivity contribution in [2.24, 2.45) is 0 Å². The number of carbonyl (C=O) groups excluding carboxylic acids is 1. The number of hydrogen-bond donors (Lipinski definition) is 0. The molecule has 2 rings (SSSR count). The largest absolute Gasteiger partial charge is 0.300 e. The van der Waals surface area contributed by atoms with E-state index in [1.165, 1.54) is 12.3 Å². The minimum Gasteiger partial charge on any atom is -0.300 e. The summed E-state index contributed by atoms with van der Waals surface area (Å²) in [6.07, 6.45) is 1.91. The number of carbonyl (C=O) groups is 1. The Kier molecular flexibility index (Phi) is 2.23. The van der Waals surface area contributed by atoms with Gasteiger partial charge in [0.15, 0.2) is 9.84 Å². The van der Waals surface area contributed by atoms with E-state index in [-0.39, 0.29) is 5.78 Å². The van der Waals surface area contributed by atoms with Crippen LogP contribution in [0.3, 0.4) is 0 Å². The fourth-order valence-corrected chi connectivity index (χ4v) is 2.81. The number of fused-ring (bicyclic) bond motifs is 1. The summed E-state index contributed by atoms with van der Waals surface area (Å²) in [7, 11) is -3.22. The Morgan fingerprint density at radius 3 is 2.73 bits per heavy atom. The van der Waals surface area contributed by atoms with Gasteiger partial charge >= 0.3 is 0 Å². The highest BCUT2D eigenvalue weighted by atomic mass is 32.2. The molecule has 15 heavy (non-hydrogen) atoms. The monoisotopic (exact) mass is 222 g/mol. The molecular formula is C11H10O3S. The summed E-state index contributed by atoms with van der Waals surface area (Å²) in [6, 6.07) is 4.99. The van der Waals surface area contributed by atoms with Crippen molar-refractivity contribution in [1.29, 1.82) is 0 Å². The zero-order valence-corrected chi connectivity index (χ0v) is 9.04. The van der Waals surface area contributed by atoms with Crippen LogP contribution in [-0.4, -0.2) is 14.2 Å². The summed E-state index contributed by atoms with van der Waals surface area (Å²) in [5, 5.41) is 1.19. The van der Waals surface area contributed by atoms with Crippen molar-refractivity contribution in [3.05, 3.63) is 34.7 Å². The molecule has 0 unspecified atom stereocenters. The Morgan fingerprint density at radius 2 is 2.07 bits per heavy atom. The number of rotatable bonds is 2. The van der Waals surface area contributed by atoms with Gasteiger partial charge in [0.1, 0.15) is 5.78 Å². The summed E-state index contributed by atoms with van der Waals surface area (Å²) < 4.78 is 22.9. The van der Waals surface area contributed by atoms with E-state index in [1.54, 1.807) is 24.3 Å². The Morgan fingerprint density at radius 1 is 1.33 bits per heavy atom. The first-order chi connectivity index (χ1) is 6.99.